The molecule has 9 aromatic rings. The van der Waals surface area contributed by atoms with Gasteiger partial charge < -0.3 is 29.5 Å². The highest BCUT2D eigenvalue weighted by Gasteiger charge is 2.16. The van der Waals surface area contributed by atoms with Crippen molar-refractivity contribution in [1.82, 2.24) is 19.9 Å². The fourth-order valence-corrected chi connectivity index (χ4v) is 7.47. The maximum Gasteiger partial charge on any atom is 0.354 e. The van der Waals surface area contributed by atoms with Crippen molar-refractivity contribution in [3.63, 3.8) is 0 Å². The Kier molecular flexibility index (Phi) is 14.3. The van der Waals surface area contributed by atoms with Crippen molar-refractivity contribution >= 4 is 88.1 Å². The van der Waals surface area contributed by atoms with E-state index in [9.17, 15) is 37.1 Å². The van der Waals surface area contributed by atoms with Gasteiger partial charge in [-0.05, 0) is 85.8 Å². The quantitative estimate of drug-likeness (QED) is 0.104. The first kappa shape index (κ1) is 46.2. The first-order valence-electron chi connectivity index (χ1n) is 19.3. The molecule has 0 fully saturated rings. The van der Waals surface area contributed by atoms with Crippen LogP contribution in [0.3, 0.4) is 0 Å². The summed E-state index contributed by atoms with van der Waals surface area (Å²) in [5, 5.41) is 29.2. The number of para-hydroxylation sites is 1. The monoisotopic (exact) mass is 982 g/mol. The second kappa shape index (κ2) is 20.4. The predicted octanol–water partition coefficient (Wildman–Crippen LogP) is 11.3. The molecule has 0 radical (unpaired) electrons. The van der Waals surface area contributed by atoms with E-state index in [-0.39, 0.29) is 52.9 Å². The highest BCUT2D eigenvalue weighted by molar-refractivity contribution is 9.10. The number of carboxylic acid groups (broad SMARTS) is 3. The smallest absolute Gasteiger partial charge is 0.354 e. The Morgan fingerprint density at radius 2 is 1.00 bits per heavy atom. The van der Waals surface area contributed by atoms with E-state index in [0.717, 1.165) is 15.2 Å². The molecule has 0 spiro atoms. The Morgan fingerprint density at radius 1 is 0.545 bits per heavy atom. The van der Waals surface area contributed by atoms with Gasteiger partial charge in [0.2, 0.25) is 0 Å². The summed E-state index contributed by atoms with van der Waals surface area (Å²) in [5.41, 5.74) is 1.70. The Bertz CT molecular complexity index is 3290. The first-order chi connectivity index (χ1) is 31.6. The lowest BCUT2D eigenvalue weighted by Gasteiger charge is -2.11. The van der Waals surface area contributed by atoms with E-state index in [1.54, 1.807) is 19.1 Å². The van der Waals surface area contributed by atoms with Crippen molar-refractivity contribution in [3.05, 3.63) is 171 Å². The zero-order chi connectivity index (χ0) is 47.1. The van der Waals surface area contributed by atoms with Crippen molar-refractivity contribution in [2.24, 2.45) is 0 Å². The average Bonchev–Trinajstić information content (AvgIpc) is 3.71. The molecule has 0 aliphatic heterocycles. The molecular weight excluding hydrogens is 952 g/mol. The van der Waals surface area contributed by atoms with Crippen LogP contribution in [0.5, 0.6) is 17.2 Å². The number of hydrogen-bond donors (Lipinski definition) is 3. The second-order valence-corrected chi connectivity index (χ2v) is 15.8. The van der Waals surface area contributed by atoms with Crippen LogP contribution in [0.4, 0.5) is 17.6 Å². The summed E-state index contributed by atoms with van der Waals surface area (Å²) in [4.78, 5) is 49.6. The van der Waals surface area contributed by atoms with Gasteiger partial charge in [-0.25, -0.2) is 51.9 Å². The number of aromatic nitrogens is 4. The molecule has 0 aliphatic rings. The summed E-state index contributed by atoms with van der Waals surface area (Å²) in [6.07, 6.45) is 0. The Labute approximate surface area is 382 Å². The molecule has 66 heavy (non-hydrogen) atoms. The van der Waals surface area contributed by atoms with Crippen LogP contribution >= 0.6 is 27.3 Å². The molecule has 0 unspecified atom stereocenters. The molecule has 3 N–H and O–H groups in total. The first-order valence-corrected chi connectivity index (χ1v) is 20.9. The van der Waals surface area contributed by atoms with Gasteiger partial charge in [-0.3, -0.25) is 0 Å². The van der Waals surface area contributed by atoms with Gasteiger partial charge in [0.05, 0.1) is 33.4 Å². The van der Waals surface area contributed by atoms with Crippen LogP contribution in [0, 0.1) is 23.3 Å². The second-order valence-electron chi connectivity index (χ2n) is 13.7. The molecule has 9 rings (SSSR count). The van der Waals surface area contributed by atoms with Gasteiger partial charge in [-0.2, -0.15) is 0 Å². The number of carboxylic acids is 3. The third kappa shape index (κ3) is 11.1. The summed E-state index contributed by atoms with van der Waals surface area (Å²) >= 11 is 4.66. The normalized spacial score (nSPS) is 10.8. The van der Waals surface area contributed by atoms with Gasteiger partial charge in [-0.15, -0.1) is 11.3 Å². The Morgan fingerprint density at radius 3 is 1.44 bits per heavy atom. The highest BCUT2D eigenvalue weighted by atomic mass is 79.9. The molecule has 0 saturated carbocycles. The number of halogens is 5. The maximum atomic E-state index is 13.9. The number of pyridine rings is 3. The largest absolute Gasteiger partial charge is 0.493 e. The molecule has 4 heterocycles. The highest BCUT2D eigenvalue weighted by Crippen LogP contribution is 2.31. The lowest BCUT2D eigenvalue weighted by atomic mass is 10.1. The molecule has 19 heteroatoms. The lowest BCUT2D eigenvalue weighted by Crippen LogP contribution is -2.04. The Hall–Kier alpha value is -7.77. The maximum absolute atomic E-state index is 13.9. The third-order valence-electron chi connectivity index (χ3n) is 9.24. The number of nitrogens with zero attached hydrogens (tertiary/aromatic N) is 4. The van der Waals surface area contributed by atoms with Crippen LogP contribution in [0.2, 0.25) is 0 Å². The minimum Gasteiger partial charge on any atom is -0.493 e. The zero-order valence-electron chi connectivity index (χ0n) is 34.0. The van der Waals surface area contributed by atoms with Crippen LogP contribution < -0.4 is 14.2 Å². The average molecular weight is 984 g/mol. The van der Waals surface area contributed by atoms with Gasteiger partial charge >= 0.3 is 17.9 Å². The van der Waals surface area contributed by atoms with E-state index in [4.69, 9.17) is 24.4 Å². The number of ether oxygens (including phenoxy) is 3. The molecule has 0 aliphatic carbocycles. The number of rotatable bonds is 11. The molecule has 0 saturated heterocycles. The van der Waals surface area contributed by atoms with Crippen LogP contribution in [0.25, 0.3) is 42.9 Å². The van der Waals surface area contributed by atoms with Crippen molar-refractivity contribution in [2.75, 3.05) is 6.61 Å². The van der Waals surface area contributed by atoms with Crippen LogP contribution in [-0.2, 0) is 13.2 Å². The summed E-state index contributed by atoms with van der Waals surface area (Å²) < 4.78 is 72.3. The number of fused-ring (bicyclic) bond motifs is 4. The summed E-state index contributed by atoms with van der Waals surface area (Å²) in [6, 6.07) is 27.6. The van der Waals surface area contributed by atoms with E-state index in [2.05, 4.69) is 35.9 Å². The number of hydrogen-bond acceptors (Lipinski definition) is 11. The van der Waals surface area contributed by atoms with E-state index in [1.165, 1.54) is 90.2 Å². The van der Waals surface area contributed by atoms with Crippen molar-refractivity contribution in [1.29, 1.82) is 0 Å². The molecule has 0 bridgehead atoms. The SMILES string of the molecule is CCOc1cc(C(=O)O)nc2ccc(F)cc12.O=C(O)c1cc(OCc2ccc(Br)cc2F)c2cc(F)ccc2n1.O=C(O)c1cc(OCc2nc3ccccc3s2)c2cc(F)ccc2n1. The van der Waals surface area contributed by atoms with Gasteiger partial charge in [0.1, 0.15) is 58.7 Å². The topological polar surface area (TPSA) is 191 Å². The van der Waals surface area contributed by atoms with E-state index < -0.39 is 41.2 Å². The van der Waals surface area contributed by atoms with Crippen molar-refractivity contribution < 1.29 is 61.5 Å². The lowest BCUT2D eigenvalue weighted by molar-refractivity contribution is 0.0680. The molecular formula is C47H31BrF4N4O9S. The summed E-state index contributed by atoms with van der Waals surface area (Å²) in [6.45, 7) is 2.17. The van der Waals surface area contributed by atoms with Gasteiger partial charge in [0.25, 0.3) is 0 Å². The number of aromatic carboxylic acids is 3. The van der Waals surface area contributed by atoms with E-state index in [1.807, 2.05) is 24.3 Å². The van der Waals surface area contributed by atoms with Crippen molar-refractivity contribution in [2.45, 2.75) is 20.1 Å². The zero-order valence-corrected chi connectivity index (χ0v) is 36.4. The van der Waals surface area contributed by atoms with Crippen LogP contribution in [0.15, 0.2) is 120 Å². The fourth-order valence-electron chi connectivity index (χ4n) is 6.26. The van der Waals surface area contributed by atoms with Gasteiger partial charge in [-0.1, -0.05) is 34.1 Å². The minimum absolute atomic E-state index is 0.118. The molecule has 13 nitrogen and oxygen atoms in total. The molecule has 4 aromatic heterocycles. The molecule has 0 amide bonds. The molecule has 0 atom stereocenters. The number of benzene rings is 5. The van der Waals surface area contributed by atoms with Crippen LogP contribution in [0.1, 0.15) is 49.0 Å². The minimum atomic E-state index is -1.24. The summed E-state index contributed by atoms with van der Waals surface area (Å²) in [5.74, 6) is -4.66. The van der Waals surface area contributed by atoms with Gasteiger partial charge in [0, 0.05) is 44.4 Å². The number of carbonyl (C=O) groups is 3. The van der Waals surface area contributed by atoms with Crippen LogP contribution in [-0.4, -0.2) is 59.8 Å². The fraction of sp³-hybridized carbons (Fsp3) is 0.0851. The molecule has 5 aromatic carbocycles. The van der Waals surface area contributed by atoms with E-state index >= 15 is 0 Å². The molecule has 334 valence electrons. The Balaban J connectivity index is 0.000000150. The summed E-state index contributed by atoms with van der Waals surface area (Å²) in [7, 11) is 0. The predicted molar refractivity (Wildman–Crippen MR) is 240 cm³/mol. The number of thiazole rings is 1. The van der Waals surface area contributed by atoms with E-state index in [0.29, 0.717) is 44.0 Å². The standard InChI is InChI=1S/C18H11FN2O3S.C17H10BrF2NO3.C12H10FNO3/c19-10-5-6-12-11(7-10)15(8-14(20-12)18(22)23)24-9-17-21-13-3-1-2-4-16(13)25-17;18-10-2-1-9(13(20)5-10)8-24-16-7-15(17(22)23)21-14-4-3-11(19)6-12(14)16;1-2-17-11-6-10(12(15)16)14-9-4-3-7(13)5-8(9)11/h1-8H,9H2,(H,22,23);1-7H,8H2,(H,22,23);3-6H,2H2,1H3,(H,15,16). The van der Waals surface area contributed by atoms with Gasteiger partial charge in [0.15, 0.2) is 17.1 Å². The van der Waals surface area contributed by atoms with Crippen molar-refractivity contribution in [3.8, 4) is 17.2 Å². The third-order valence-corrected chi connectivity index (χ3v) is 10.7.